The molecule has 0 amide bonds. The van der Waals surface area contributed by atoms with Crippen LogP contribution in [0.1, 0.15) is 49.5 Å². The zero-order chi connectivity index (χ0) is 12.3. The molecule has 1 nitrogen and oxygen atoms in total. The number of aryl methyl sites for hydroxylation is 1. The standard InChI is InChI=1S/C14H19BrO/c1-10-9-11(15)5-6-12(10)13(16)7-8-14(2,3)4/h5-6,9H,7-8H2,1-4H3. The first-order valence-electron chi connectivity index (χ1n) is 5.59. The van der Waals surface area contributed by atoms with Gasteiger partial charge in [0.15, 0.2) is 5.78 Å². The van der Waals surface area contributed by atoms with Crippen LogP contribution in [0, 0.1) is 12.3 Å². The molecule has 0 saturated carbocycles. The van der Waals surface area contributed by atoms with Gasteiger partial charge in [-0.2, -0.15) is 0 Å². The van der Waals surface area contributed by atoms with Crippen LogP contribution in [0.5, 0.6) is 0 Å². The van der Waals surface area contributed by atoms with Gasteiger partial charge in [0.1, 0.15) is 0 Å². The summed E-state index contributed by atoms with van der Waals surface area (Å²) in [7, 11) is 0. The maximum absolute atomic E-state index is 12.0. The molecule has 0 saturated heterocycles. The Morgan fingerprint density at radius 3 is 2.44 bits per heavy atom. The van der Waals surface area contributed by atoms with Crippen LogP contribution in [0.25, 0.3) is 0 Å². The molecule has 0 radical (unpaired) electrons. The van der Waals surface area contributed by atoms with Crippen molar-refractivity contribution in [2.24, 2.45) is 5.41 Å². The van der Waals surface area contributed by atoms with E-state index in [0.717, 1.165) is 22.0 Å². The van der Waals surface area contributed by atoms with E-state index in [9.17, 15) is 4.79 Å². The van der Waals surface area contributed by atoms with Gasteiger partial charge in [0.05, 0.1) is 0 Å². The predicted molar refractivity (Wildman–Crippen MR) is 71.9 cm³/mol. The molecule has 0 bridgehead atoms. The third-order valence-corrected chi connectivity index (χ3v) is 3.08. The first-order valence-corrected chi connectivity index (χ1v) is 6.38. The van der Waals surface area contributed by atoms with Gasteiger partial charge in [0.25, 0.3) is 0 Å². The molecule has 0 aliphatic rings. The van der Waals surface area contributed by atoms with Gasteiger partial charge < -0.3 is 0 Å². The second-order valence-corrected chi connectivity index (χ2v) is 6.36. The summed E-state index contributed by atoms with van der Waals surface area (Å²) in [6.45, 7) is 8.47. The summed E-state index contributed by atoms with van der Waals surface area (Å²) in [5.41, 5.74) is 2.12. The van der Waals surface area contributed by atoms with Gasteiger partial charge in [-0.05, 0) is 36.5 Å². The lowest BCUT2D eigenvalue weighted by atomic mass is 9.88. The number of rotatable bonds is 3. The largest absolute Gasteiger partial charge is 0.294 e. The van der Waals surface area contributed by atoms with Crippen molar-refractivity contribution in [3.8, 4) is 0 Å². The lowest BCUT2D eigenvalue weighted by molar-refractivity contribution is 0.0965. The molecule has 0 spiro atoms. The lowest BCUT2D eigenvalue weighted by Gasteiger charge is -2.17. The second kappa shape index (κ2) is 5.13. The Morgan fingerprint density at radius 2 is 1.94 bits per heavy atom. The number of ketones is 1. The van der Waals surface area contributed by atoms with Crippen LogP contribution in [0.15, 0.2) is 22.7 Å². The Balaban J connectivity index is 2.74. The smallest absolute Gasteiger partial charge is 0.163 e. The molecular formula is C14H19BrO. The summed E-state index contributed by atoms with van der Waals surface area (Å²) in [6, 6.07) is 5.83. The van der Waals surface area contributed by atoms with Crippen molar-refractivity contribution in [2.45, 2.75) is 40.5 Å². The molecule has 1 aromatic carbocycles. The Labute approximate surface area is 106 Å². The maximum atomic E-state index is 12.0. The third kappa shape index (κ3) is 4.09. The summed E-state index contributed by atoms with van der Waals surface area (Å²) >= 11 is 3.40. The van der Waals surface area contributed by atoms with E-state index in [1.54, 1.807) is 0 Å². The minimum atomic E-state index is 0.221. The predicted octanol–water partition coefficient (Wildman–Crippen LogP) is 4.77. The lowest BCUT2D eigenvalue weighted by Crippen LogP contribution is -2.10. The summed E-state index contributed by atoms with van der Waals surface area (Å²) < 4.78 is 1.03. The number of halogens is 1. The van der Waals surface area contributed by atoms with Gasteiger partial charge in [-0.15, -0.1) is 0 Å². The SMILES string of the molecule is Cc1cc(Br)ccc1C(=O)CCC(C)(C)C. The highest BCUT2D eigenvalue weighted by atomic mass is 79.9. The minimum Gasteiger partial charge on any atom is -0.294 e. The molecule has 88 valence electrons. The summed E-state index contributed by atoms with van der Waals surface area (Å²) in [4.78, 5) is 12.0. The molecule has 0 aromatic heterocycles. The highest BCUT2D eigenvalue weighted by Crippen LogP contribution is 2.23. The topological polar surface area (TPSA) is 17.1 Å². The van der Waals surface area contributed by atoms with Crippen molar-refractivity contribution in [1.29, 1.82) is 0 Å². The van der Waals surface area contributed by atoms with Crippen LogP contribution in [0.4, 0.5) is 0 Å². The summed E-state index contributed by atoms with van der Waals surface area (Å²) in [5, 5.41) is 0. The fraction of sp³-hybridized carbons (Fsp3) is 0.500. The zero-order valence-electron chi connectivity index (χ0n) is 10.4. The van der Waals surface area contributed by atoms with Gasteiger partial charge in [-0.25, -0.2) is 0 Å². The Bertz CT molecular complexity index is 388. The first kappa shape index (κ1) is 13.4. The molecule has 2 heteroatoms. The molecule has 0 heterocycles. The third-order valence-electron chi connectivity index (χ3n) is 2.59. The van der Waals surface area contributed by atoms with Crippen LogP contribution in [0.2, 0.25) is 0 Å². The Hall–Kier alpha value is -0.630. The van der Waals surface area contributed by atoms with E-state index in [1.807, 2.05) is 25.1 Å². The van der Waals surface area contributed by atoms with E-state index in [4.69, 9.17) is 0 Å². The van der Waals surface area contributed by atoms with Crippen molar-refractivity contribution >= 4 is 21.7 Å². The van der Waals surface area contributed by atoms with Crippen molar-refractivity contribution in [2.75, 3.05) is 0 Å². The van der Waals surface area contributed by atoms with E-state index in [2.05, 4.69) is 36.7 Å². The van der Waals surface area contributed by atoms with E-state index in [0.29, 0.717) is 6.42 Å². The van der Waals surface area contributed by atoms with Crippen LogP contribution in [-0.4, -0.2) is 5.78 Å². The Kier molecular flexibility index (Phi) is 4.31. The fourth-order valence-corrected chi connectivity index (χ4v) is 2.04. The number of Topliss-reactive ketones (excluding diaryl/α,β-unsaturated/α-hetero) is 1. The number of benzene rings is 1. The molecular weight excluding hydrogens is 264 g/mol. The van der Waals surface area contributed by atoms with Crippen molar-refractivity contribution < 1.29 is 4.79 Å². The van der Waals surface area contributed by atoms with Crippen molar-refractivity contribution in [1.82, 2.24) is 0 Å². The van der Waals surface area contributed by atoms with Crippen molar-refractivity contribution in [3.05, 3.63) is 33.8 Å². The van der Waals surface area contributed by atoms with Crippen LogP contribution < -0.4 is 0 Å². The molecule has 0 N–H and O–H groups in total. The number of hydrogen-bond acceptors (Lipinski definition) is 1. The molecule has 1 aromatic rings. The van der Waals surface area contributed by atoms with E-state index < -0.39 is 0 Å². The fourth-order valence-electron chi connectivity index (χ4n) is 1.56. The summed E-state index contributed by atoms with van der Waals surface area (Å²) in [6.07, 6.45) is 1.56. The van der Waals surface area contributed by atoms with Crippen LogP contribution >= 0.6 is 15.9 Å². The summed E-state index contributed by atoms with van der Waals surface area (Å²) in [5.74, 6) is 0.250. The molecule has 0 atom stereocenters. The normalized spacial score (nSPS) is 11.6. The highest BCUT2D eigenvalue weighted by molar-refractivity contribution is 9.10. The molecule has 0 unspecified atom stereocenters. The molecule has 0 aliphatic heterocycles. The van der Waals surface area contributed by atoms with E-state index >= 15 is 0 Å². The van der Waals surface area contributed by atoms with Gasteiger partial charge in [-0.3, -0.25) is 4.79 Å². The second-order valence-electron chi connectivity index (χ2n) is 5.44. The van der Waals surface area contributed by atoms with Gasteiger partial charge in [0, 0.05) is 16.5 Å². The number of carbonyl (C=O) groups is 1. The van der Waals surface area contributed by atoms with Gasteiger partial charge in [-0.1, -0.05) is 42.8 Å². The molecule has 16 heavy (non-hydrogen) atoms. The molecule has 1 rings (SSSR count). The number of carbonyl (C=O) groups excluding carboxylic acids is 1. The molecule has 0 fully saturated rings. The minimum absolute atomic E-state index is 0.221. The molecule has 0 aliphatic carbocycles. The first-order chi connectivity index (χ1) is 7.29. The van der Waals surface area contributed by atoms with Crippen LogP contribution in [0.3, 0.4) is 0 Å². The van der Waals surface area contributed by atoms with Crippen LogP contribution in [-0.2, 0) is 0 Å². The number of hydrogen-bond donors (Lipinski definition) is 0. The average molecular weight is 283 g/mol. The highest BCUT2D eigenvalue weighted by Gasteiger charge is 2.15. The zero-order valence-corrected chi connectivity index (χ0v) is 12.0. The van der Waals surface area contributed by atoms with E-state index in [1.165, 1.54) is 0 Å². The quantitative estimate of drug-likeness (QED) is 0.730. The maximum Gasteiger partial charge on any atom is 0.163 e. The van der Waals surface area contributed by atoms with E-state index in [-0.39, 0.29) is 11.2 Å². The van der Waals surface area contributed by atoms with Gasteiger partial charge in [0.2, 0.25) is 0 Å². The monoisotopic (exact) mass is 282 g/mol. The Morgan fingerprint density at radius 1 is 1.31 bits per heavy atom. The van der Waals surface area contributed by atoms with Gasteiger partial charge >= 0.3 is 0 Å². The van der Waals surface area contributed by atoms with Crippen molar-refractivity contribution in [3.63, 3.8) is 0 Å². The average Bonchev–Trinajstić information content (AvgIpc) is 2.13.